The van der Waals surface area contributed by atoms with Crippen LogP contribution in [0.5, 0.6) is 0 Å². The lowest BCUT2D eigenvalue weighted by atomic mass is 10.1. The van der Waals surface area contributed by atoms with Gasteiger partial charge in [-0.2, -0.15) is 0 Å². The normalized spacial score (nSPS) is 10.4. The minimum atomic E-state index is 0.109. The van der Waals surface area contributed by atoms with E-state index in [1.165, 1.54) is 0 Å². The smallest absolute Gasteiger partial charge is 0.0774 e. The third-order valence-corrected chi connectivity index (χ3v) is 3.16. The van der Waals surface area contributed by atoms with Crippen LogP contribution in [0.1, 0.15) is 4.88 Å². The zero-order valence-corrected chi connectivity index (χ0v) is 8.98. The van der Waals surface area contributed by atoms with Gasteiger partial charge in [-0.05, 0) is 34.7 Å². The summed E-state index contributed by atoms with van der Waals surface area (Å²) < 4.78 is 0. The zero-order valence-electron chi connectivity index (χ0n) is 7.40. The van der Waals surface area contributed by atoms with Gasteiger partial charge in [-0.25, -0.2) is 0 Å². The molecule has 0 fully saturated rings. The van der Waals surface area contributed by atoms with E-state index in [9.17, 15) is 0 Å². The van der Waals surface area contributed by atoms with Crippen molar-refractivity contribution in [2.45, 2.75) is 6.61 Å². The quantitative estimate of drug-likeness (QED) is 0.827. The molecule has 0 atom stereocenters. The number of rotatable bonds is 2. The first-order chi connectivity index (χ1) is 6.79. The van der Waals surface area contributed by atoms with E-state index < -0.39 is 0 Å². The van der Waals surface area contributed by atoms with Gasteiger partial charge in [0.1, 0.15) is 0 Å². The molecule has 1 heterocycles. The SMILES string of the molecule is OCc1cc(-c2ccc(Cl)cc2)cs1. The summed E-state index contributed by atoms with van der Waals surface area (Å²) >= 11 is 7.36. The number of halogens is 1. The number of benzene rings is 1. The molecule has 2 rings (SSSR count). The molecular formula is C11H9ClOS. The van der Waals surface area contributed by atoms with Gasteiger partial charge in [0.25, 0.3) is 0 Å². The second-order valence-electron chi connectivity index (χ2n) is 2.97. The molecule has 0 unspecified atom stereocenters. The van der Waals surface area contributed by atoms with E-state index in [1.807, 2.05) is 35.7 Å². The minimum Gasteiger partial charge on any atom is -0.391 e. The Kier molecular flexibility index (Phi) is 2.87. The van der Waals surface area contributed by atoms with Crippen molar-refractivity contribution < 1.29 is 5.11 Å². The second-order valence-corrected chi connectivity index (χ2v) is 4.40. The van der Waals surface area contributed by atoms with Crippen LogP contribution < -0.4 is 0 Å². The monoisotopic (exact) mass is 224 g/mol. The van der Waals surface area contributed by atoms with Crippen LogP contribution in [0.3, 0.4) is 0 Å². The van der Waals surface area contributed by atoms with Gasteiger partial charge < -0.3 is 5.11 Å². The van der Waals surface area contributed by atoms with Crippen LogP contribution in [0, 0.1) is 0 Å². The van der Waals surface area contributed by atoms with Crippen molar-refractivity contribution in [3.63, 3.8) is 0 Å². The van der Waals surface area contributed by atoms with Gasteiger partial charge in [0, 0.05) is 9.90 Å². The zero-order chi connectivity index (χ0) is 9.97. The van der Waals surface area contributed by atoms with Crippen LogP contribution in [0.15, 0.2) is 35.7 Å². The molecule has 0 saturated carbocycles. The van der Waals surface area contributed by atoms with E-state index in [-0.39, 0.29) is 6.61 Å². The van der Waals surface area contributed by atoms with Gasteiger partial charge in [0.2, 0.25) is 0 Å². The molecule has 0 saturated heterocycles. The molecule has 2 aromatic rings. The number of hydrogen-bond acceptors (Lipinski definition) is 2. The summed E-state index contributed by atoms with van der Waals surface area (Å²) in [5.74, 6) is 0. The number of aliphatic hydroxyl groups is 1. The minimum absolute atomic E-state index is 0.109. The molecule has 3 heteroatoms. The predicted octanol–water partition coefficient (Wildman–Crippen LogP) is 3.56. The van der Waals surface area contributed by atoms with Crippen molar-refractivity contribution in [3.05, 3.63) is 45.6 Å². The van der Waals surface area contributed by atoms with Gasteiger partial charge in [-0.3, -0.25) is 0 Å². The first-order valence-electron chi connectivity index (χ1n) is 4.24. The van der Waals surface area contributed by atoms with Crippen molar-refractivity contribution in [1.29, 1.82) is 0 Å². The highest BCUT2D eigenvalue weighted by molar-refractivity contribution is 7.10. The highest BCUT2D eigenvalue weighted by Gasteiger charge is 2.01. The number of aliphatic hydroxyl groups excluding tert-OH is 1. The Morgan fingerprint density at radius 3 is 2.43 bits per heavy atom. The fraction of sp³-hybridized carbons (Fsp3) is 0.0909. The van der Waals surface area contributed by atoms with Crippen LogP contribution >= 0.6 is 22.9 Å². The molecule has 1 nitrogen and oxygen atoms in total. The Bertz CT molecular complexity index is 419. The van der Waals surface area contributed by atoms with E-state index in [0.717, 1.165) is 21.0 Å². The molecule has 1 aromatic heterocycles. The van der Waals surface area contributed by atoms with Crippen molar-refractivity contribution in [1.82, 2.24) is 0 Å². The maximum Gasteiger partial charge on any atom is 0.0774 e. The molecule has 0 aliphatic heterocycles. The maximum absolute atomic E-state index is 8.93. The fourth-order valence-electron chi connectivity index (χ4n) is 1.26. The van der Waals surface area contributed by atoms with Gasteiger partial charge in [-0.1, -0.05) is 23.7 Å². The molecule has 14 heavy (non-hydrogen) atoms. The van der Waals surface area contributed by atoms with Crippen molar-refractivity contribution in [2.24, 2.45) is 0 Å². The summed E-state index contributed by atoms with van der Waals surface area (Å²) in [5.41, 5.74) is 2.26. The topological polar surface area (TPSA) is 20.2 Å². The van der Waals surface area contributed by atoms with Crippen LogP contribution in [-0.4, -0.2) is 5.11 Å². The van der Waals surface area contributed by atoms with Gasteiger partial charge >= 0.3 is 0 Å². The summed E-state index contributed by atoms with van der Waals surface area (Å²) in [4.78, 5) is 0.981. The van der Waals surface area contributed by atoms with Crippen molar-refractivity contribution >= 4 is 22.9 Å². The van der Waals surface area contributed by atoms with Crippen LogP contribution in [-0.2, 0) is 6.61 Å². The van der Waals surface area contributed by atoms with Gasteiger partial charge in [-0.15, -0.1) is 11.3 Å². The summed E-state index contributed by atoms with van der Waals surface area (Å²) in [6.45, 7) is 0.109. The maximum atomic E-state index is 8.93. The highest BCUT2D eigenvalue weighted by atomic mass is 35.5. The van der Waals surface area contributed by atoms with Gasteiger partial charge in [0.15, 0.2) is 0 Å². The fourth-order valence-corrected chi connectivity index (χ4v) is 2.14. The molecule has 1 N–H and O–H groups in total. The average Bonchev–Trinajstić information content (AvgIpc) is 2.67. The van der Waals surface area contributed by atoms with E-state index >= 15 is 0 Å². The largest absolute Gasteiger partial charge is 0.391 e. The Balaban J connectivity index is 2.34. The summed E-state index contributed by atoms with van der Waals surface area (Å²) in [7, 11) is 0. The Morgan fingerprint density at radius 2 is 1.86 bits per heavy atom. The van der Waals surface area contributed by atoms with Gasteiger partial charge in [0.05, 0.1) is 6.61 Å². The predicted molar refractivity (Wildman–Crippen MR) is 60.7 cm³/mol. The molecule has 0 aliphatic carbocycles. The number of hydrogen-bond donors (Lipinski definition) is 1. The van der Waals surface area contributed by atoms with E-state index in [0.29, 0.717) is 0 Å². The third kappa shape index (κ3) is 1.98. The van der Waals surface area contributed by atoms with E-state index in [2.05, 4.69) is 0 Å². The Morgan fingerprint density at radius 1 is 1.14 bits per heavy atom. The molecule has 72 valence electrons. The molecule has 0 spiro atoms. The lowest BCUT2D eigenvalue weighted by Crippen LogP contribution is -1.74. The molecule has 0 radical (unpaired) electrons. The van der Waals surface area contributed by atoms with Crippen LogP contribution in [0.25, 0.3) is 11.1 Å². The molecule has 0 aliphatic rings. The molecular weight excluding hydrogens is 216 g/mol. The molecule has 0 bridgehead atoms. The number of thiophene rings is 1. The van der Waals surface area contributed by atoms with Crippen LogP contribution in [0.2, 0.25) is 5.02 Å². The molecule has 1 aromatic carbocycles. The Labute approximate surface area is 91.6 Å². The first kappa shape index (κ1) is 9.71. The lowest BCUT2D eigenvalue weighted by Gasteiger charge is -1.96. The molecule has 0 amide bonds. The van der Waals surface area contributed by atoms with Crippen molar-refractivity contribution in [2.75, 3.05) is 0 Å². The summed E-state index contributed by atoms with van der Waals surface area (Å²) in [5, 5.41) is 11.7. The highest BCUT2D eigenvalue weighted by Crippen LogP contribution is 2.26. The van der Waals surface area contributed by atoms with Crippen molar-refractivity contribution in [3.8, 4) is 11.1 Å². The van der Waals surface area contributed by atoms with E-state index in [4.69, 9.17) is 16.7 Å². The second kappa shape index (κ2) is 4.13. The average molecular weight is 225 g/mol. The van der Waals surface area contributed by atoms with Crippen LogP contribution in [0.4, 0.5) is 0 Å². The summed E-state index contributed by atoms with van der Waals surface area (Å²) in [6, 6.07) is 9.69. The third-order valence-electron chi connectivity index (χ3n) is 1.99. The standard InChI is InChI=1S/C11H9ClOS/c12-10-3-1-8(2-4-10)9-5-11(6-13)14-7-9/h1-5,7,13H,6H2. The summed E-state index contributed by atoms with van der Waals surface area (Å²) in [6.07, 6.45) is 0. The lowest BCUT2D eigenvalue weighted by molar-refractivity contribution is 0.285. The Hall–Kier alpha value is -0.830. The first-order valence-corrected chi connectivity index (χ1v) is 5.49. The van der Waals surface area contributed by atoms with E-state index in [1.54, 1.807) is 11.3 Å².